The number of pyridine rings is 1. The van der Waals surface area contributed by atoms with E-state index in [0.29, 0.717) is 17.1 Å². The van der Waals surface area contributed by atoms with Gasteiger partial charge in [-0.3, -0.25) is 0 Å². The topological polar surface area (TPSA) is 81.2 Å². The van der Waals surface area contributed by atoms with E-state index in [1.54, 1.807) is 14.2 Å². The maximum Gasteiger partial charge on any atom is 0.142 e. The minimum Gasteiger partial charge on any atom is -0.497 e. The van der Waals surface area contributed by atoms with E-state index in [1.165, 1.54) is 0 Å². The number of nitriles is 1. The Bertz CT molecular complexity index is 809. The third-order valence-corrected chi connectivity index (χ3v) is 4.54. The molecule has 0 unspecified atom stereocenters. The first-order chi connectivity index (χ1) is 11.7. The summed E-state index contributed by atoms with van der Waals surface area (Å²) in [6.07, 6.45) is 5.13. The molecule has 0 bridgehead atoms. The predicted molar refractivity (Wildman–Crippen MR) is 93.2 cm³/mol. The van der Waals surface area contributed by atoms with Crippen molar-refractivity contribution in [3.05, 3.63) is 35.0 Å². The van der Waals surface area contributed by atoms with Gasteiger partial charge in [0.25, 0.3) is 0 Å². The number of anilines is 1. The van der Waals surface area contributed by atoms with Gasteiger partial charge in [-0.25, -0.2) is 4.98 Å². The van der Waals surface area contributed by atoms with Crippen LogP contribution in [0.2, 0.25) is 0 Å². The zero-order chi connectivity index (χ0) is 17.1. The largest absolute Gasteiger partial charge is 0.497 e. The molecule has 0 radical (unpaired) electrons. The number of nitrogens with two attached hydrogens (primary N) is 1. The minimum absolute atomic E-state index is 0.290. The Balaban J connectivity index is 2.35. The summed E-state index contributed by atoms with van der Waals surface area (Å²) in [6.45, 7) is 0. The van der Waals surface area contributed by atoms with Crippen molar-refractivity contribution in [2.24, 2.45) is 0 Å². The van der Waals surface area contributed by atoms with Gasteiger partial charge >= 0.3 is 0 Å². The number of ether oxygens (including phenoxy) is 2. The molecule has 2 aromatic rings. The van der Waals surface area contributed by atoms with Crippen molar-refractivity contribution in [3.8, 4) is 28.7 Å². The van der Waals surface area contributed by atoms with Crippen molar-refractivity contribution < 1.29 is 9.47 Å². The first kappa shape index (κ1) is 16.1. The Morgan fingerprint density at radius 3 is 2.62 bits per heavy atom. The van der Waals surface area contributed by atoms with Gasteiger partial charge in [-0.15, -0.1) is 0 Å². The van der Waals surface area contributed by atoms with Crippen LogP contribution in [0.25, 0.3) is 11.1 Å². The molecule has 0 fully saturated rings. The van der Waals surface area contributed by atoms with E-state index in [0.717, 1.165) is 54.5 Å². The summed E-state index contributed by atoms with van der Waals surface area (Å²) in [6, 6.07) is 7.84. The number of aromatic nitrogens is 1. The molecule has 5 heteroatoms. The van der Waals surface area contributed by atoms with Gasteiger partial charge in [0.1, 0.15) is 28.9 Å². The summed E-state index contributed by atoms with van der Waals surface area (Å²) in [7, 11) is 3.25. The molecule has 24 heavy (non-hydrogen) atoms. The minimum atomic E-state index is 0.290. The highest BCUT2D eigenvalue weighted by molar-refractivity contribution is 5.83. The van der Waals surface area contributed by atoms with E-state index in [1.807, 2.05) is 18.2 Å². The molecule has 0 aliphatic heterocycles. The first-order valence-electron chi connectivity index (χ1n) is 8.13. The normalized spacial score (nSPS) is 13.5. The molecule has 0 spiro atoms. The summed E-state index contributed by atoms with van der Waals surface area (Å²) in [5.41, 5.74) is 10.3. The molecular formula is C19H21N3O2. The van der Waals surface area contributed by atoms with Crippen molar-refractivity contribution >= 4 is 5.82 Å². The van der Waals surface area contributed by atoms with Crippen LogP contribution in [0, 0.1) is 11.3 Å². The number of nitrogens with zero attached hydrogens (tertiary/aromatic N) is 2. The highest BCUT2D eigenvalue weighted by atomic mass is 16.5. The summed E-state index contributed by atoms with van der Waals surface area (Å²) >= 11 is 0. The smallest absolute Gasteiger partial charge is 0.142 e. The Hall–Kier alpha value is -2.74. The maximum absolute atomic E-state index is 9.68. The molecule has 0 atom stereocenters. The van der Waals surface area contributed by atoms with Crippen molar-refractivity contribution in [2.45, 2.75) is 32.1 Å². The Labute approximate surface area is 142 Å². The van der Waals surface area contributed by atoms with Gasteiger partial charge in [-0.2, -0.15) is 5.26 Å². The van der Waals surface area contributed by atoms with E-state index in [4.69, 9.17) is 15.2 Å². The van der Waals surface area contributed by atoms with Crippen molar-refractivity contribution in [2.75, 3.05) is 20.0 Å². The quantitative estimate of drug-likeness (QED) is 0.874. The number of methoxy groups -OCH3 is 2. The Kier molecular flexibility index (Phi) is 4.57. The van der Waals surface area contributed by atoms with Crippen molar-refractivity contribution in [1.82, 2.24) is 4.98 Å². The summed E-state index contributed by atoms with van der Waals surface area (Å²) in [5, 5.41) is 9.68. The summed E-state index contributed by atoms with van der Waals surface area (Å²) in [5.74, 6) is 1.70. The fourth-order valence-electron chi connectivity index (χ4n) is 3.36. The lowest BCUT2D eigenvalue weighted by atomic mass is 9.91. The third-order valence-electron chi connectivity index (χ3n) is 4.54. The lowest BCUT2D eigenvalue weighted by molar-refractivity contribution is 0.404. The SMILES string of the molecule is COc1ccc(OC)c(-c2c(C#N)c(N)nc3c2CCCCC3)c1. The van der Waals surface area contributed by atoms with Crippen LogP contribution in [0.5, 0.6) is 11.5 Å². The third kappa shape index (κ3) is 2.76. The number of fused-ring (bicyclic) bond motifs is 1. The highest BCUT2D eigenvalue weighted by Crippen LogP contribution is 2.41. The van der Waals surface area contributed by atoms with Crippen molar-refractivity contribution in [3.63, 3.8) is 0 Å². The van der Waals surface area contributed by atoms with Crippen LogP contribution in [-0.2, 0) is 12.8 Å². The van der Waals surface area contributed by atoms with Gasteiger partial charge in [-0.1, -0.05) is 6.42 Å². The van der Waals surface area contributed by atoms with Gasteiger partial charge in [0.05, 0.1) is 14.2 Å². The van der Waals surface area contributed by atoms with Gasteiger partial charge in [0.15, 0.2) is 0 Å². The van der Waals surface area contributed by atoms with E-state index in [2.05, 4.69) is 11.1 Å². The lowest BCUT2D eigenvalue weighted by Gasteiger charge is -2.18. The van der Waals surface area contributed by atoms with Crippen LogP contribution in [0.3, 0.4) is 0 Å². The number of nitrogen functional groups attached to an aromatic ring is 1. The second-order valence-electron chi connectivity index (χ2n) is 5.91. The average molecular weight is 323 g/mol. The second kappa shape index (κ2) is 6.79. The van der Waals surface area contributed by atoms with E-state index >= 15 is 0 Å². The van der Waals surface area contributed by atoms with Crippen LogP contribution >= 0.6 is 0 Å². The fourth-order valence-corrected chi connectivity index (χ4v) is 3.36. The highest BCUT2D eigenvalue weighted by Gasteiger charge is 2.23. The number of hydrogen-bond acceptors (Lipinski definition) is 5. The fraction of sp³-hybridized carbons (Fsp3) is 0.368. The van der Waals surface area contributed by atoms with Crippen LogP contribution in [0.4, 0.5) is 5.82 Å². The lowest BCUT2D eigenvalue weighted by Crippen LogP contribution is -2.07. The molecule has 1 aromatic heterocycles. The summed E-state index contributed by atoms with van der Waals surface area (Å²) in [4.78, 5) is 4.51. The second-order valence-corrected chi connectivity index (χ2v) is 5.91. The zero-order valence-corrected chi connectivity index (χ0v) is 14.1. The Morgan fingerprint density at radius 1 is 1.12 bits per heavy atom. The van der Waals surface area contributed by atoms with E-state index < -0.39 is 0 Å². The molecule has 2 N–H and O–H groups in total. The number of benzene rings is 1. The molecule has 5 nitrogen and oxygen atoms in total. The van der Waals surface area contributed by atoms with Crippen LogP contribution in [-0.4, -0.2) is 19.2 Å². The first-order valence-corrected chi connectivity index (χ1v) is 8.13. The number of hydrogen-bond donors (Lipinski definition) is 1. The van der Waals surface area contributed by atoms with Crippen LogP contribution in [0.15, 0.2) is 18.2 Å². The van der Waals surface area contributed by atoms with E-state index in [9.17, 15) is 5.26 Å². The molecule has 1 heterocycles. The van der Waals surface area contributed by atoms with E-state index in [-0.39, 0.29) is 5.82 Å². The number of aryl methyl sites for hydroxylation is 1. The molecule has 1 aromatic carbocycles. The molecule has 3 rings (SSSR count). The Morgan fingerprint density at radius 2 is 1.92 bits per heavy atom. The molecular weight excluding hydrogens is 302 g/mol. The molecule has 1 aliphatic carbocycles. The average Bonchev–Trinajstić information content (AvgIpc) is 2.85. The molecule has 124 valence electrons. The maximum atomic E-state index is 9.68. The monoisotopic (exact) mass is 323 g/mol. The van der Waals surface area contributed by atoms with Gasteiger partial charge in [0, 0.05) is 16.8 Å². The van der Waals surface area contributed by atoms with Crippen molar-refractivity contribution in [1.29, 1.82) is 5.26 Å². The molecule has 0 saturated heterocycles. The standard InChI is InChI=1S/C19H21N3O2/c1-23-12-8-9-17(24-2)14(10-12)18-13-6-4-3-5-7-16(13)22-19(21)15(18)11-20/h8-10H,3-7H2,1-2H3,(H2,21,22). The van der Waals surface area contributed by atoms with Gasteiger partial charge in [-0.05, 0) is 49.4 Å². The van der Waals surface area contributed by atoms with Gasteiger partial charge < -0.3 is 15.2 Å². The number of rotatable bonds is 3. The van der Waals surface area contributed by atoms with Crippen LogP contribution < -0.4 is 15.2 Å². The predicted octanol–water partition coefficient (Wildman–Crippen LogP) is 3.49. The molecule has 0 amide bonds. The molecule has 0 saturated carbocycles. The van der Waals surface area contributed by atoms with Crippen LogP contribution in [0.1, 0.15) is 36.1 Å². The summed E-state index contributed by atoms with van der Waals surface area (Å²) < 4.78 is 10.9. The van der Waals surface area contributed by atoms with Gasteiger partial charge in [0.2, 0.25) is 0 Å². The zero-order valence-electron chi connectivity index (χ0n) is 14.1. The molecule has 1 aliphatic rings.